The molecule has 0 atom stereocenters. The molecule has 0 saturated heterocycles. The van der Waals surface area contributed by atoms with E-state index in [0.717, 1.165) is 17.1 Å². The van der Waals surface area contributed by atoms with Gasteiger partial charge in [-0.2, -0.15) is 4.98 Å². The van der Waals surface area contributed by atoms with E-state index in [1.54, 1.807) is 26.2 Å². The average Bonchev–Trinajstić information content (AvgIpc) is 3.32. The first kappa shape index (κ1) is 32.6. The van der Waals surface area contributed by atoms with Gasteiger partial charge in [0, 0.05) is 25.1 Å². The molecule has 210 valence electrons. The molecule has 0 unspecified atom stereocenters. The summed E-state index contributed by atoms with van der Waals surface area (Å²) in [5.74, 6) is 2.16. The number of carbonyl (C=O) groups is 1. The van der Waals surface area contributed by atoms with Crippen LogP contribution in [-0.4, -0.2) is 50.2 Å². The van der Waals surface area contributed by atoms with Crippen molar-refractivity contribution in [3.8, 4) is 17.2 Å². The number of aryl methyl sites for hydroxylation is 2. The molecule has 0 aromatic carbocycles. The summed E-state index contributed by atoms with van der Waals surface area (Å²) in [6, 6.07) is 3.29. The average molecular weight is 529 g/mol. The predicted molar refractivity (Wildman–Crippen MR) is 149 cm³/mol. The maximum absolute atomic E-state index is 9.64. The minimum absolute atomic E-state index is 0.145. The summed E-state index contributed by atoms with van der Waals surface area (Å²) in [4.78, 5) is 25.1. The van der Waals surface area contributed by atoms with E-state index in [1.165, 1.54) is 44.9 Å². The second-order valence-corrected chi connectivity index (χ2v) is 9.46. The number of ether oxygens (including phenoxy) is 1. The smallest absolute Gasteiger partial charge is 0.226 e. The monoisotopic (exact) mass is 528 g/mol. The molecule has 1 saturated carbocycles. The number of carbonyl (C=O) groups excluding carboxylic acids is 1. The second kappa shape index (κ2) is 18.0. The number of hydrogen-bond acceptors (Lipinski definition) is 10. The molecule has 3 aromatic heterocycles. The third kappa shape index (κ3) is 11.3. The topological polar surface area (TPSA) is 136 Å². The van der Waals surface area contributed by atoms with Crippen LogP contribution in [0.3, 0.4) is 0 Å². The van der Waals surface area contributed by atoms with Gasteiger partial charge in [-0.15, -0.1) is 0 Å². The van der Waals surface area contributed by atoms with Crippen molar-refractivity contribution in [3.05, 3.63) is 41.2 Å². The molecule has 0 bridgehead atoms. The highest BCUT2D eigenvalue weighted by molar-refractivity contribution is 5.59. The molecule has 38 heavy (non-hydrogen) atoms. The van der Waals surface area contributed by atoms with Crippen molar-refractivity contribution in [1.29, 1.82) is 0 Å². The number of nitrogens with one attached hydrogen (secondary N) is 1. The van der Waals surface area contributed by atoms with Crippen molar-refractivity contribution in [2.75, 3.05) is 12.4 Å². The van der Waals surface area contributed by atoms with E-state index >= 15 is 0 Å². The Hall–Kier alpha value is -3.40. The van der Waals surface area contributed by atoms with Crippen molar-refractivity contribution >= 4 is 12.7 Å². The Morgan fingerprint density at radius 3 is 2.05 bits per heavy atom. The number of anilines is 1. The minimum atomic E-state index is 0.145. The third-order valence-electron chi connectivity index (χ3n) is 5.78. The maximum atomic E-state index is 9.64. The van der Waals surface area contributed by atoms with Gasteiger partial charge in [0.1, 0.15) is 30.4 Å². The van der Waals surface area contributed by atoms with Gasteiger partial charge in [0.05, 0.1) is 17.5 Å². The van der Waals surface area contributed by atoms with E-state index in [1.807, 2.05) is 41.4 Å². The lowest BCUT2D eigenvalue weighted by atomic mass is 10.0. The van der Waals surface area contributed by atoms with Crippen molar-refractivity contribution < 1.29 is 19.2 Å². The van der Waals surface area contributed by atoms with Crippen molar-refractivity contribution in [2.24, 2.45) is 0 Å². The summed E-state index contributed by atoms with van der Waals surface area (Å²) in [5, 5.41) is 16.9. The third-order valence-corrected chi connectivity index (χ3v) is 5.78. The summed E-state index contributed by atoms with van der Waals surface area (Å²) in [6.07, 6.45) is 10.9. The first-order valence-electron chi connectivity index (χ1n) is 13.1. The number of methoxy groups -OCH3 is 1. The molecule has 3 heterocycles. The van der Waals surface area contributed by atoms with Crippen molar-refractivity contribution in [2.45, 2.75) is 98.6 Å². The van der Waals surface area contributed by atoms with Crippen LogP contribution in [0.15, 0.2) is 23.0 Å². The van der Waals surface area contributed by atoms with Crippen LogP contribution in [0.25, 0.3) is 11.5 Å². The first-order chi connectivity index (χ1) is 18.2. The van der Waals surface area contributed by atoms with E-state index < -0.39 is 0 Å². The number of rotatable bonds is 6. The molecule has 2 N–H and O–H groups in total. The Morgan fingerprint density at radius 1 is 0.974 bits per heavy atom. The zero-order valence-electron chi connectivity index (χ0n) is 24.0. The highest BCUT2D eigenvalue weighted by Gasteiger charge is 2.17. The van der Waals surface area contributed by atoms with Crippen molar-refractivity contribution in [3.63, 3.8) is 0 Å². The summed E-state index contributed by atoms with van der Waals surface area (Å²) in [5.41, 5.74) is 2.77. The van der Waals surface area contributed by atoms with Gasteiger partial charge in [-0.25, -0.2) is 15.0 Å². The maximum Gasteiger partial charge on any atom is 0.226 e. The first-order valence-corrected chi connectivity index (χ1v) is 13.1. The number of hydrogen-bond donors (Lipinski definition) is 2. The Labute approximate surface area is 226 Å². The number of nitrogens with zero attached hydrogens (tertiary/aromatic N) is 5. The van der Waals surface area contributed by atoms with E-state index in [2.05, 4.69) is 30.4 Å². The van der Waals surface area contributed by atoms with Crippen LogP contribution in [-0.2, 0) is 16.1 Å². The van der Waals surface area contributed by atoms with Crippen LogP contribution in [0, 0.1) is 13.8 Å². The molecule has 0 aliphatic heterocycles. The Kier molecular flexibility index (Phi) is 15.4. The predicted octanol–water partition coefficient (Wildman–Crippen LogP) is 6.18. The van der Waals surface area contributed by atoms with Gasteiger partial charge < -0.3 is 24.5 Å². The number of aromatic hydroxyl groups is 1. The summed E-state index contributed by atoms with van der Waals surface area (Å²) >= 11 is 0. The van der Waals surface area contributed by atoms with Gasteiger partial charge >= 0.3 is 0 Å². The zero-order valence-corrected chi connectivity index (χ0v) is 24.0. The Bertz CT molecular complexity index is 1060. The zero-order chi connectivity index (χ0) is 28.5. The quantitative estimate of drug-likeness (QED) is 0.382. The fourth-order valence-corrected chi connectivity index (χ4v) is 3.38. The molecular formula is C28H44N6O4. The fourth-order valence-electron chi connectivity index (χ4n) is 3.38. The summed E-state index contributed by atoms with van der Waals surface area (Å²) in [7, 11) is 1.70. The second-order valence-electron chi connectivity index (χ2n) is 9.46. The summed E-state index contributed by atoms with van der Waals surface area (Å²) in [6.45, 7) is 14.1. The van der Waals surface area contributed by atoms with Crippen LogP contribution >= 0.6 is 0 Å². The Morgan fingerprint density at radius 2 is 1.55 bits per heavy atom. The molecule has 0 spiro atoms. The molecule has 1 aliphatic rings. The van der Waals surface area contributed by atoms with E-state index in [-0.39, 0.29) is 11.7 Å². The Balaban J connectivity index is 0.000000459. The minimum Gasteiger partial charge on any atom is -0.506 e. The highest BCUT2D eigenvalue weighted by Crippen LogP contribution is 2.27. The standard InChI is InChI=1S/C17H20N6O2.C6H12.C4H10O.CH2O/c1-9(2)16-19-8-20-17(22-16)18-7-12-10(3)23-25-15(12)13-5-6-14(24)11(4)21-13;1-2-4-6-5-3-1;1-4(2)5-3;1-2/h5-6,8-9,24H,7H2,1-4H3,(H,18,19,20,22);1-6H2;4H,1-3H3;1H2. The van der Waals surface area contributed by atoms with Gasteiger partial charge in [-0.05, 0) is 39.8 Å². The molecule has 1 fully saturated rings. The molecular weight excluding hydrogens is 484 g/mol. The normalized spacial score (nSPS) is 12.4. The van der Waals surface area contributed by atoms with Gasteiger partial charge in [0.2, 0.25) is 5.95 Å². The highest BCUT2D eigenvalue weighted by atomic mass is 16.5. The van der Waals surface area contributed by atoms with Crippen LogP contribution in [0.4, 0.5) is 5.95 Å². The molecule has 1 aliphatic carbocycles. The molecule has 4 rings (SSSR count). The van der Waals surface area contributed by atoms with E-state index in [4.69, 9.17) is 14.1 Å². The number of aromatic nitrogens is 5. The van der Waals surface area contributed by atoms with E-state index in [9.17, 15) is 5.11 Å². The van der Waals surface area contributed by atoms with Crippen LogP contribution in [0.1, 0.15) is 94.9 Å². The lowest BCUT2D eigenvalue weighted by Crippen LogP contribution is -2.08. The van der Waals surface area contributed by atoms with Gasteiger partial charge in [0.15, 0.2) is 5.76 Å². The lowest BCUT2D eigenvalue weighted by Gasteiger charge is -2.08. The molecule has 10 nitrogen and oxygen atoms in total. The molecule has 0 radical (unpaired) electrons. The van der Waals surface area contributed by atoms with E-state index in [0.29, 0.717) is 35.7 Å². The molecule has 10 heteroatoms. The number of pyridine rings is 1. The van der Waals surface area contributed by atoms with Crippen molar-refractivity contribution in [1.82, 2.24) is 25.1 Å². The van der Waals surface area contributed by atoms with Crippen LogP contribution < -0.4 is 5.32 Å². The fraction of sp³-hybridized carbons (Fsp3) is 0.571. The lowest BCUT2D eigenvalue weighted by molar-refractivity contribution is -0.0980. The largest absolute Gasteiger partial charge is 0.506 e. The van der Waals surface area contributed by atoms with Crippen LogP contribution in [0.2, 0.25) is 0 Å². The molecule has 0 amide bonds. The SMILES string of the molecule is C1CCCCC1.C=O.COC(C)C.Cc1nc(-c2onc(C)c2CNc2ncnc(C(C)C)n2)ccc1O. The van der Waals surface area contributed by atoms with Gasteiger partial charge in [-0.1, -0.05) is 57.5 Å². The van der Waals surface area contributed by atoms with Gasteiger partial charge in [0.25, 0.3) is 0 Å². The molecule has 3 aromatic rings. The van der Waals surface area contributed by atoms with Crippen LogP contribution in [0.5, 0.6) is 5.75 Å². The van der Waals surface area contributed by atoms with Gasteiger partial charge in [-0.3, -0.25) is 0 Å². The summed E-state index contributed by atoms with van der Waals surface area (Å²) < 4.78 is 10.2.